The van der Waals surface area contributed by atoms with E-state index in [0.29, 0.717) is 16.8 Å². The van der Waals surface area contributed by atoms with Crippen molar-refractivity contribution in [1.29, 1.82) is 0 Å². The number of halogens is 1. The number of hydrogen-bond donors (Lipinski definition) is 0. The van der Waals surface area contributed by atoms with Gasteiger partial charge >= 0.3 is 0 Å². The number of carbonyl (C=O) groups is 1. The van der Waals surface area contributed by atoms with Crippen LogP contribution in [0.4, 0.5) is 0 Å². The van der Waals surface area contributed by atoms with Crippen LogP contribution in [0.3, 0.4) is 0 Å². The monoisotopic (exact) mass is 266 g/mol. The molecule has 1 fully saturated rings. The summed E-state index contributed by atoms with van der Waals surface area (Å²) in [6.45, 7) is 6.86. The average molecular weight is 267 g/mol. The minimum absolute atomic E-state index is 0.0752. The van der Waals surface area contributed by atoms with Gasteiger partial charge in [0, 0.05) is 23.8 Å². The van der Waals surface area contributed by atoms with E-state index in [0.717, 1.165) is 25.1 Å². The lowest BCUT2D eigenvalue weighted by molar-refractivity contribution is 0.0752. The highest BCUT2D eigenvalue weighted by Crippen LogP contribution is 2.28. The number of rotatable bonds is 4. The highest BCUT2D eigenvalue weighted by Gasteiger charge is 2.32. The van der Waals surface area contributed by atoms with Gasteiger partial charge in [-0.2, -0.15) is 0 Å². The van der Waals surface area contributed by atoms with Gasteiger partial charge in [-0.3, -0.25) is 4.79 Å². The fraction of sp³-hybridized carbons (Fsp3) is 0.571. The van der Waals surface area contributed by atoms with Crippen molar-refractivity contribution < 1.29 is 4.79 Å². The molecule has 1 aromatic rings. The molecule has 1 amide bonds. The number of nitrogens with zero attached hydrogens (tertiary/aromatic N) is 2. The zero-order chi connectivity index (χ0) is 13.3. The maximum absolute atomic E-state index is 12.4. The van der Waals surface area contributed by atoms with Crippen molar-refractivity contribution in [3.63, 3.8) is 0 Å². The highest BCUT2D eigenvalue weighted by molar-refractivity contribution is 6.29. The molecule has 0 spiro atoms. The molecule has 18 heavy (non-hydrogen) atoms. The first kappa shape index (κ1) is 13.3. The smallest absolute Gasteiger partial charge is 0.254 e. The van der Waals surface area contributed by atoms with Gasteiger partial charge in [0.2, 0.25) is 0 Å². The molecule has 0 saturated heterocycles. The first-order chi connectivity index (χ1) is 8.52. The second kappa shape index (κ2) is 5.27. The fourth-order valence-electron chi connectivity index (χ4n) is 2.06. The van der Waals surface area contributed by atoms with Crippen LogP contribution >= 0.6 is 11.6 Å². The fourth-order valence-corrected chi connectivity index (χ4v) is 2.27. The molecule has 0 atom stereocenters. The lowest BCUT2D eigenvalue weighted by Gasteiger charge is -2.21. The number of amides is 1. The van der Waals surface area contributed by atoms with Gasteiger partial charge < -0.3 is 4.90 Å². The number of hydrogen-bond acceptors (Lipinski definition) is 2. The van der Waals surface area contributed by atoms with Crippen molar-refractivity contribution in [3.05, 3.63) is 28.5 Å². The van der Waals surface area contributed by atoms with E-state index in [1.807, 2.05) is 31.7 Å². The summed E-state index contributed by atoms with van der Waals surface area (Å²) in [7, 11) is 0. The molecule has 0 N–H and O–H groups in total. The third-order valence-corrected chi connectivity index (χ3v) is 3.44. The number of aromatic nitrogens is 1. The Morgan fingerprint density at radius 2 is 2.17 bits per heavy atom. The zero-order valence-electron chi connectivity index (χ0n) is 11.1. The second-order valence-electron chi connectivity index (χ2n) is 5.08. The molecule has 1 saturated carbocycles. The van der Waals surface area contributed by atoms with E-state index < -0.39 is 0 Å². The van der Waals surface area contributed by atoms with Crippen molar-refractivity contribution in [3.8, 4) is 0 Å². The summed E-state index contributed by atoms with van der Waals surface area (Å²) < 4.78 is 0. The standard InChI is InChI=1S/C14H19ClN2O/c1-4-17(11-5-6-11)14(18)10-7-12(9(2)3)16-13(15)8-10/h7-9,11H,4-6H2,1-3H3. The van der Waals surface area contributed by atoms with Crippen LogP contribution in [0.2, 0.25) is 5.15 Å². The lowest BCUT2D eigenvalue weighted by atomic mass is 10.1. The minimum atomic E-state index is 0.0752. The third kappa shape index (κ3) is 2.83. The van der Waals surface area contributed by atoms with Gasteiger partial charge in [-0.05, 0) is 37.8 Å². The largest absolute Gasteiger partial charge is 0.336 e. The predicted molar refractivity (Wildman–Crippen MR) is 73.1 cm³/mol. The summed E-state index contributed by atoms with van der Waals surface area (Å²) in [5.41, 5.74) is 1.53. The highest BCUT2D eigenvalue weighted by atomic mass is 35.5. The van der Waals surface area contributed by atoms with E-state index in [1.165, 1.54) is 0 Å². The molecular formula is C14H19ClN2O. The Balaban J connectivity index is 2.28. The quantitative estimate of drug-likeness (QED) is 0.782. The van der Waals surface area contributed by atoms with Crippen LogP contribution in [0.25, 0.3) is 0 Å². The van der Waals surface area contributed by atoms with Gasteiger partial charge in [0.25, 0.3) is 5.91 Å². The Hall–Kier alpha value is -1.09. The normalized spacial score (nSPS) is 14.9. The molecule has 0 radical (unpaired) electrons. The molecular weight excluding hydrogens is 248 g/mol. The minimum Gasteiger partial charge on any atom is -0.336 e. The Morgan fingerprint density at radius 3 is 2.67 bits per heavy atom. The van der Waals surface area contributed by atoms with Gasteiger partial charge in [0.1, 0.15) is 5.15 Å². The van der Waals surface area contributed by atoms with Gasteiger partial charge in [-0.25, -0.2) is 4.98 Å². The van der Waals surface area contributed by atoms with E-state index in [-0.39, 0.29) is 11.8 Å². The summed E-state index contributed by atoms with van der Waals surface area (Å²) in [5.74, 6) is 0.345. The van der Waals surface area contributed by atoms with E-state index >= 15 is 0 Å². The van der Waals surface area contributed by atoms with Gasteiger partial charge in [-0.15, -0.1) is 0 Å². The van der Waals surface area contributed by atoms with Crippen LogP contribution in [0.1, 0.15) is 55.6 Å². The van der Waals surface area contributed by atoms with Gasteiger partial charge in [0.15, 0.2) is 0 Å². The average Bonchev–Trinajstić information content (AvgIpc) is 3.13. The Morgan fingerprint density at radius 1 is 1.50 bits per heavy atom. The first-order valence-electron chi connectivity index (χ1n) is 6.51. The maximum Gasteiger partial charge on any atom is 0.254 e. The number of pyridine rings is 1. The number of carbonyl (C=O) groups excluding carboxylic acids is 1. The molecule has 0 unspecified atom stereocenters. The molecule has 98 valence electrons. The summed E-state index contributed by atoms with van der Waals surface area (Å²) in [4.78, 5) is 18.6. The van der Waals surface area contributed by atoms with Crippen LogP contribution in [0, 0.1) is 0 Å². The van der Waals surface area contributed by atoms with Crippen LogP contribution in [0.15, 0.2) is 12.1 Å². The zero-order valence-corrected chi connectivity index (χ0v) is 11.9. The van der Waals surface area contributed by atoms with E-state index in [1.54, 1.807) is 6.07 Å². The van der Waals surface area contributed by atoms with Crippen LogP contribution in [-0.2, 0) is 0 Å². The van der Waals surface area contributed by atoms with Crippen molar-refractivity contribution in [2.24, 2.45) is 0 Å². The molecule has 1 aliphatic rings. The molecule has 3 nitrogen and oxygen atoms in total. The van der Waals surface area contributed by atoms with Crippen LogP contribution in [-0.4, -0.2) is 28.4 Å². The summed E-state index contributed by atoms with van der Waals surface area (Å²) in [6.07, 6.45) is 2.24. The Labute approximate surface area is 113 Å². The van der Waals surface area contributed by atoms with Crippen molar-refractivity contribution in [1.82, 2.24) is 9.88 Å². The van der Waals surface area contributed by atoms with E-state index in [2.05, 4.69) is 4.98 Å². The maximum atomic E-state index is 12.4. The molecule has 0 aromatic carbocycles. The van der Waals surface area contributed by atoms with Gasteiger partial charge in [0.05, 0.1) is 0 Å². The summed E-state index contributed by atoms with van der Waals surface area (Å²) >= 11 is 6.00. The van der Waals surface area contributed by atoms with E-state index in [9.17, 15) is 4.79 Å². The first-order valence-corrected chi connectivity index (χ1v) is 6.89. The molecule has 0 bridgehead atoms. The van der Waals surface area contributed by atoms with Gasteiger partial charge in [-0.1, -0.05) is 25.4 Å². The predicted octanol–water partition coefficient (Wildman–Crippen LogP) is 3.48. The molecule has 4 heteroatoms. The van der Waals surface area contributed by atoms with Crippen molar-refractivity contribution in [2.75, 3.05) is 6.54 Å². The summed E-state index contributed by atoms with van der Waals surface area (Å²) in [5, 5.41) is 0.399. The summed E-state index contributed by atoms with van der Waals surface area (Å²) in [6, 6.07) is 3.96. The second-order valence-corrected chi connectivity index (χ2v) is 5.47. The van der Waals surface area contributed by atoms with Crippen LogP contribution < -0.4 is 0 Å². The Kier molecular flexibility index (Phi) is 3.91. The molecule has 2 rings (SSSR count). The topological polar surface area (TPSA) is 33.2 Å². The molecule has 0 aliphatic heterocycles. The molecule has 1 aromatic heterocycles. The SMILES string of the molecule is CCN(C(=O)c1cc(Cl)nc(C(C)C)c1)C1CC1. The van der Waals surface area contributed by atoms with Crippen LogP contribution in [0.5, 0.6) is 0 Å². The third-order valence-electron chi connectivity index (χ3n) is 3.24. The van der Waals surface area contributed by atoms with Crippen molar-refractivity contribution >= 4 is 17.5 Å². The molecule has 1 heterocycles. The molecule has 1 aliphatic carbocycles. The van der Waals surface area contributed by atoms with Crippen molar-refractivity contribution in [2.45, 2.75) is 45.6 Å². The van der Waals surface area contributed by atoms with E-state index in [4.69, 9.17) is 11.6 Å². The lowest BCUT2D eigenvalue weighted by Crippen LogP contribution is -2.33. The Bertz CT molecular complexity index is 455.